The molecule has 2 aromatic heterocycles. The van der Waals surface area contributed by atoms with E-state index in [1.54, 1.807) is 25.6 Å². The molecule has 2 aromatic carbocycles. The van der Waals surface area contributed by atoms with Crippen LogP contribution < -0.4 is 9.47 Å². The van der Waals surface area contributed by atoms with Crippen LogP contribution in [0.2, 0.25) is 0 Å². The molecule has 5 rings (SSSR count). The molecule has 176 valence electrons. The highest BCUT2D eigenvalue weighted by atomic mass is 32.1. The van der Waals surface area contributed by atoms with Crippen LogP contribution in [0.25, 0.3) is 0 Å². The summed E-state index contributed by atoms with van der Waals surface area (Å²) < 4.78 is 17.0. The van der Waals surface area contributed by atoms with Gasteiger partial charge in [0.1, 0.15) is 23.0 Å². The van der Waals surface area contributed by atoms with Crippen molar-refractivity contribution < 1.29 is 19.0 Å². The number of hydrogen-bond donors (Lipinski definition) is 1. The lowest BCUT2D eigenvalue weighted by molar-refractivity contribution is 0.0949. The molecule has 0 radical (unpaired) electrons. The molecule has 34 heavy (non-hydrogen) atoms. The molecular formula is C28H29NO4S. The van der Waals surface area contributed by atoms with Crippen molar-refractivity contribution in [3.63, 3.8) is 0 Å². The Morgan fingerprint density at radius 1 is 0.882 bits per heavy atom. The summed E-state index contributed by atoms with van der Waals surface area (Å²) in [7, 11) is 3.26. The first kappa shape index (κ1) is 22.7. The molecule has 0 aliphatic heterocycles. The minimum absolute atomic E-state index is 0.490. The minimum Gasteiger partial charge on any atom is -0.497 e. The summed E-state index contributed by atoms with van der Waals surface area (Å²) in [5.74, 6) is 2.80. The number of methoxy groups -OCH3 is 2. The SMILES string of the molecule is COc1ccc(C(O)(c2ccc(OC)cc2)c2ccc(CN(Cc3ccsc3)C3CC3)o2)cc1. The zero-order chi connectivity index (χ0) is 23.5. The molecule has 1 fully saturated rings. The second kappa shape index (κ2) is 9.66. The van der Waals surface area contributed by atoms with E-state index in [0.717, 1.165) is 23.8 Å². The Kier molecular flexibility index (Phi) is 6.46. The number of ether oxygens (including phenoxy) is 2. The van der Waals surface area contributed by atoms with E-state index in [4.69, 9.17) is 13.9 Å². The monoisotopic (exact) mass is 475 g/mol. The van der Waals surface area contributed by atoms with E-state index in [9.17, 15) is 5.11 Å². The Balaban J connectivity index is 1.47. The van der Waals surface area contributed by atoms with Gasteiger partial charge >= 0.3 is 0 Å². The number of hydrogen-bond acceptors (Lipinski definition) is 6. The second-order valence-electron chi connectivity index (χ2n) is 8.70. The van der Waals surface area contributed by atoms with Crippen LogP contribution in [0.5, 0.6) is 11.5 Å². The summed E-state index contributed by atoms with van der Waals surface area (Å²) in [6.45, 7) is 1.62. The van der Waals surface area contributed by atoms with Gasteiger partial charge in [-0.1, -0.05) is 24.3 Å². The summed E-state index contributed by atoms with van der Waals surface area (Å²) in [6.07, 6.45) is 2.44. The van der Waals surface area contributed by atoms with E-state index >= 15 is 0 Å². The van der Waals surface area contributed by atoms with E-state index in [1.807, 2.05) is 60.7 Å². The van der Waals surface area contributed by atoms with Crippen molar-refractivity contribution >= 4 is 11.3 Å². The van der Waals surface area contributed by atoms with E-state index in [1.165, 1.54) is 18.4 Å². The average Bonchev–Trinajstić information content (AvgIpc) is 3.40. The quantitative estimate of drug-likeness (QED) is 0.314. The predicted molar refractivity (Wildman–Crippen MR) is 133 cm³/mol. The fraction of sp³-hybridized carbons (Fsp3) is 0.286. The largest absolute Gasteiger partial charge is 0.497 e. The summed E-state index contributed by atoms with van der Waals surface area (Å²) in [5, 5.41) is 16.5. The first-order valence-electron chi connectivity index (χ1n) is 11.5. The maximum absolute atomic E-state index is 12.1. The normalized spacial score (nSPS) is 13.9. The zero-order valence-corrected chi connectivity index (χ0v) is 20.3. The molecule has 0 amide bonds. The van der Waals surface area contributed by atoms with Crippen LogP contribution in [0, 0.1) is 0 Å². The molecule has 1 saturated carbocycles. The molecule has 5 nitrogen and oxygen atoms in total. The number of thiophene rings is 1. The molecule has 0 spiro atoms. The lowest BCUT2D eigenvalue weighted by Gasteiger charge is -2.28. The fourth-order valence-electron chi connectivity index (χ4n) is 4.34. The van der Waals surface area contributed by atoms with Gasteiger partial charge in [0.05, 0.1) is 20.8 Å². The van der Waals surface area contributed by atoms with Crippen molar-refractivity contribution in [2.24, 2.45) is 0 Å². The molecular weight excluding hydrogens is 446 g/mol. The highest BCUT2D eigenvalue weighted by molar-refractivity contribution is 7.07. The van der Waals surface area contributed by atoms with Gasteiger partial charge in [0.15, 0.2) is 5.60 Å². The third kappa shape index (κ3) is 4.62. The van der Waals surface area contributed by atoms with Gasteiger partial charge in [0.25, 0.3) is 0 Å². The molecule has 1 aliphatic rings. The summed E-state index contributed by atoms with van der Waals surface area (Å²) in [4.78, 5) is 2.46. The molecule has 0 unspecified atom stereocenters. The van der Waals surface area contributed by atoms with Crippen molar-refractivity contribution in [1.82, 2.24) is 4.90 Å². The molecule has 6 heteroatoms. The van der Waals surface area contributed by atoms with E-state index in [2.05, 4.69) is 21.7 Å². The lowest BCUT2D eigenvalue weighted by atomic mass is 9.84. The van der Waals surface area contributed by atoms with Crippen molar-refractivity contribution in [3.05, 3.63) is 106 Å². The van der Waals surface area contributed by atoms with Gasteiger partial charge in [-0.15, -0.1) is 0 Å². The van der Waals surface area contributed by atoms with Crippen LogP contribution >= 0.6 is 11.3 Å². The Bertz CT molecular complexity index is 1150. The van der Waals surface area contributed by atoms with Gasteiger partial charge in [0.2, 0.25) is 0 Å². The first-order chi connectivity index (χ1) is 16.6. The highest BCUT2D eigenvalue weighted by Crippen LogP contribution is 2.39. The number of rotatable bonds is 10. The molecule has 4 aromatic rings. The molecule has 1 aliphatic carbocycles. The van der Waals surface area contributed by atoms with Gasteiger partial charge < -0.3 is 19.0 Å². The third-order valence-electron chi connectivity index (χ3n) is 6.42. The average molecular weight is 476 g/mol. The van der Waals surface area contributed by atoms with E-state index in [0.29, 0.717) is 29.5 Å². The number of aliphatic hydroxyl groups is 1. The van der Waals surface area contributed by atoms with Crippen LogP contribution in [0.3, 0.4) is 0 Å². The van der Waals surface area contributed by atoms with E-state index in [-0.39, 0.29) is 0 Å². The molecule has 0 saturated heterocycles. The van der Waals surface area contributed by atoms with Gasteiger partial charge in [-0.3, -0.25) is 4.90 Å². The Hall–Kier alpha value is -3.06. The maximum Gasteiger partial charge on any atom is 0.173 e. The molecule has 0 atom stereocenters. The molecule has 2 heterocycles. The molecule has 1 N–H and O–H groups in total. The van der Waals surface area contributed by atoms with Crippen molar-refractivity contribution in [2.45, 2.75) is 37.6 Å². The van der Waals surface area contributed by atoms with Crippen molar-refractivity contribution in [2.75, 3.05) is 14.2 Å². The van der Waals surface area contributed by atoms with Crippen LogP contribution in [-0.2, 0) is 18.7 Å². The fourth-order valence-corrected chi connectivity index (χ4v) is 5.00. The maximum atomic E-state index is 12.1. The zero-order valence-electron chi connectivity index (χ0n) is 19.4. The third-order valence-corrected chi connectivity index (χ3v) is 7.15. The van der Waals surface area contributed by atoms with Gasteiger partial charge in [-0.2, -0.15) is 11.3 Å². The summed E-state index contributed by atoms with van der Waals surface area (Å²) in [5.41, 5.74) is 1.29. The smallest absolute Gasteiger partial charge is 0.173 e. The minimum atomic E-state index is -1.45. The topological polar surface area (TPSA) is 55.1 Å². The van der Waals surface area contributed by atoms with Gasteiger partial charge in [0, 0.05) is 12.6 Å². The van der Waals surface area contributed by atoms with Crippen molar-refractivity contribution in [3.8, 4) is 11.5 Å². The van der Waals surface area contributed by atoms with Crippen LogP contribution in [0.15, 0.2) is 81.9 Å². The van der Waals surface area contributed by atoms with Crippen molar-refractivity contribution in [1.29, 1.82) is 0 Å². The summed E-state index contributed by atoms with van der Waals surface area (Å²) >= 11 is 1.73. The van der Waals surface area contributed by atoms with Crippen LogP contribution in [0.4, 0.5) is 0 Å². The van der Waals surface area contributed by atoms with Crippen LogP contribution in [-0.4, -0.2) is 30.3 Å². The van der Waals surface area contributed by atoms with Gasteiger partial charge in [-0.25, -0.2) is 0 Å². The Morgan fingerprint density at radius 3 is 2.00 bits per heavy atom. The van der Waals surface area contributed by atoms with Gasteiger partial charge in [-0.05, 0) is 82.8 Å². The highest BCUT2D eigenvalue weighted by Gasteiger charge is 2.38. The standard InChI is InChI=1S/C28H29NO4S/c1-31-24-9-3-21(4-10-24)28(30,22-5-11-25(32-2)12-6-22)27-14-13-26(33-27)18-29(23-7-8-23)17-20-15-16-34-19-20/h3-6,9-16,19,23,30H,7-8,17-18H2,1-2H3. The first-order valence-corrected chi connectivity index (χ1v) is 12.4. The Morgan fingerprint density at radius 2 is 1.50 bits per heavy atom. The summed E-state index contributed by atoms with van der Waals surface area (Å²) in [6, 6.07) is 21.5. The predicted octanol–water partition coefficient (Wildman–Crippen LogP) is 5.81. The molecule has 0 bridgehead atoms. The second-order valence-corrected chi connectivity index (χ2v) is 9.48. The van der Waals surface area contributed by atoms with E-state index < -0.39 is 5.60 Å². The number of nitrogens with zero attached hydrogens (tertiary/aromatic N) is 1. The number of furan rings is 1. The van der Waals surface area contributed by atoms with Crippen LogP contribution in [0.1, 0.15) is 41.1 Å². The number of benzene rings is 2. The Labute approximate surface area is 204 Å². The lowest BCUT2D eigenvalue weighted by Crippen LogP contribution is -2.28.